The summed E-state index contributed by atoms with van der Waals surface area (Å²) in [5, 5.41) is 3.21. The summed E-state index contributed by atoms with van der Waals surface area (Å²) < 4.78 is 18.6. The molecule has 0 saturated carbocycles. The summed E-state index contributed by atoms with van der Waals surface area (Å²) in [5.74, 6) is 2.81. The van der Waals surface area contributed by atoms with Gasteiger partial charge in [0.05, 0.1) is 12.7 Å². The Hall–Kier alpha value is -0.880. The van der Waals surface area contributed by atoms with Crippen molar-refractivity contribution in [1.82, 2.24) is 5.32 Å². The van der Waals surface area contributed by atoms with Gasteiger partial charge >= 0.3 is 0 Å². The van der Waals surface area contributed by atoms with Crippen LogP contribution in [-0.4, -0.2) is 42.1 Å². The molecule has 1 amide bonds. The maximum atomic E-state index is 13.7. The number of halogens is 1. The Balaban J connectivity index is 1.92. The fourth-order valence-corrected chi connectivity index (χ4v) is 4.37. The highest BCUT2D eigenvalue weighted by Gasteiger charge is 2.17. The number of benzene rings is 1. The molecule has 0 aromatic heterocycles. The normalized spacial score (nSPS) is 18.9. The molecule has 1 aliphatic heterocycles. The van der Waals surface area contributed by atoms with Crippen LogP contribution in [0.4, 0.5) is 4.39 Å². The van der Waals surface area contributed by atoms with E-state index in [0.29, 0.717) is 17.5 Å². The van der Waals surface area contributed by atoms with Crippen LogP contribution in [0.2, 0.25) is 0 Å². The van der Waals surface area contributed by atoms with Crippen LogP contribution >= 0.6 is 23.5 Å². The molecule has 1 unspecified atom stereocenters. The van der Waals surface area contributed by atoms with Crippen molar-refractivity contribution < 1.29 is 13.9 Å². The number of carbonyl (C=O) groups excluding carboxylic acids is 1. The van der Waals surface area contributed by atoms with Gasteiger partial charge in [-0.25, -0.2) is 4.39 Å². The number of hydrogen-bond donors (Lipinski definition) is 1. The SMILES string of the molecule is COc1ccc(C(=O)NCC2CSCCS2)c(F)c1. The lowest BCUT2D eigenvalue weighted by Gasteiger charge is -2.21. The van der Waals surface area contributed by atoms with Crippen molar-refractivity contribution in [2.75, 3.05) is 30.9 Å². The van der Waals surface area contributed by atoms with Crippen LogP contribution in [0, 0.1) is 5.82 Å². The number of carbonyl (C=O) groups is 1. The second kappa shape index (κ2) is 7.05. The van der Waals surface area contributed by atoms with Gasteiger partial charge in [0.15, 0.2) is 0 Å². The van der Waals surface area contributed by atoms with Gasteiger partial charge in [-0.3, -0.25) is 4.79 Å². The maximum absolute atomic E-state index is 13.7. The van der Waals surface area contributed by atoms with E-state index < -0.39 is 5.82 Å². The van der Waals surface area contributed by atoms with Crippen molar-refractivity contribution in [1.29, 1.82) is 0 Å². The van der Waals surface area contributed by atoms with Gasteiger partial charge in [-0.2, -0.15) is 23.5 Å². The third kappa shape index (κ3) is 4.04. The largest absolute Gasteiger partial charge is 0.497 e. The zero-order valence-electron chi connectivity index (χ0n) is 10.6. The topological polar surface area (TPSA) is 38.3 Å². The van der Waals surface area contributed by atoms with E-state index in [-0.39, 0.29) is 11.5 Å². The molecule has 1 saturated heterocycles. The molecule has 0 bridgehead atoms. The quantitative estimate of drug-likeness (QED) is 0.927. The molecule has 1 aliphatic rings. The number of ether oxygens (including phenoxy) is 1. The van der Waals surface area contributed by atoms with E-state index in [1.54, 1.807) is 6.07 Å². The van der Waals surface area contributed by atoms with Crippen LogP contribution in [0.1, 0.15) is 10.4 Å². The van der Waals surface area contributed by atoms with Crippen molar-refractivity contribution in [2.45, 2.75) is 5.25 Å². The zero-order chi connectivity index (χ0) is 13.7. The van der Waals surface area contributed by atoms with Gasteiger partial charge < -0.3 is 10.1 Å². The van der Waals surface area contributed by atoms with Gasteiger partial charge in [0.1, 0.15) is 11.6 Å². The van der Waals surface area contributed by atoms with Gasteiger partial charge in [-0.15, -0.1) is 0 Å². The summed E-state index contributed by atoms with van der Waals surface area (Å²) in [4.78, 5) is 11.9. The van der Waals surface area contributed by atoms with Gasteiger partial charge in [0.25, 0.3) is 5.91 Å². The maximum Gasteiger partial charge on any atom is 0.254 e. The van der Waals surface area contributed by atoms with Crippen molar-refractivity contribution in [3.63, 3.8) is 0 Å². The average Bonchev–Trinajstić information content (AvgIpc) is 2.45. The summed E-state index contributed by atoms with van der Waals surface area (Å²) in [7, 11) is 1.46. The first-order valence-electron chi connectivity index (χ1n) is 6.02. The van der Waals surface area contributed by atoms with Crippen LogP contribution in [-0.2, 0) is 0 Å². The molecule has 2 rings (SSSR count). The Morgan fingerprint density at radius 1 is 1.53 bits per heavy atom. The molecule has 19 heavy (non-hydrogen) atoms. The third-order valence-electron chi connectivity index (χ3n) is 2.80. The predicted octanol–water partition coefficient (Wildman–Crippen LogP) is 2.41. The highest BCUT2D eigenvalue weighted by Crippen LogP contribution is 2.23. The smallest absolute Gasteiger partial charge is 0.254 e. The molecular formula is C13H16FNO2S2. The first kappa shape index (κ1) is 14.5. The molecule has 1 aromatic carbocycles. The Labute approximate surface area is 120 Å². The van der Waals surface area contributed by atoms with Crippen LogP contribution in [0.3, 0.4) is 0 Å². The Kier molecular flexibility index (Phi) is 5.39. The highest BCUT2D eigenvalue weighted by molar-refractivity contribution is 8.06. The second-order valence-electron chi connectivity index (χ2n) is 4.12. The molecule has 1 heterocycles. The van der Waals surface area contributed by atoms with Gasteiger partial charge in [0, 0.05) is 35.1 Å². The average molecular weight is 301 g/mol. The van der Waals surface area contributed by atoms with Crippen LogP contribution in [0.15, 0.2) is 18.2 Å². The van der Waals surface area contributed by atoms with Gasteiger partial charge in [-0.05, 0) is 12.1 Å². The van der Waals surface area contributed by atoms with Crippen LogP contribution < -0.4 is 10.1 Å². The van der Waals surface area contributed by atoms with Crippen LogP contribution in [0.25, 0.3) is 0 Å². The number of amides is 1. The molecule has 1 aromatic rings. The van der Waals surface area contributed by atoms with Crippen molar-refractivity contribution >= 4 is 29.4 Å². The van der Waals surface area contributed by atoms with Gasteiger partial charge in [0.2, 0.25) is 0 Å². The van der Waals surface area contributed by atoms with Crippen molar-refractivity contribution in [3.8, 4) is 5.75 Å². The minimum absolute atomic E-state index is 0.0641. The van der Waals surface area contributed by atoms with E-state index in [1.807, 2.05) is 23.5 Å². The first-order valence-corrected chi connectivity index (χ1v) is 8.22. The molecule has 1 atom stereocenters. The van der Waals surface area contributed by atoms with Crippen molar-refractivity contribution in [2.24, 2.45) is 0 Å². The van der Waals surface area contributed by atoms with E-state index in [0.717, 1.165) is 11.5 Å². The minimum Gasteiger partial charge on any atom is -0.497 e. The van der Waals surface area contributed by atoms with E-state index in [4.69, 9.17) is 4.74 Å². The van der Waals surface area contributed by atoms with E-state index in [9.17, 15) is 9.18 Å². The molecule has 1 fully saturated rings. The number of hydrogen-bond acceptors (Lipinski definition) is 4. The van der Waals surface area contributed by atoms with E-state index >= 15 is 0 Å². The molecule has 3 nitrogen and oxygen atoms in total. The highest BCUT2D eigenvalue weighted by atomic mass is 32.2. The molecule has 104 valence electrons. The monoisotopic (exact) mass is 301 g/mol. The standard InChI is InChI=1S/C13H16FNO2S2/c1-17-9-2-3-11(12(14)6-9)13(16)15-7-10-8-18-4-5-19-10/h2-3,6,10H,4-5,7-8H2,1H3,(H,15,16). The lowest BCUT2D eigenvalue weighted by molar-refractivity contribution is 0.0950. The molecule has 6 heteroatoms. The summed E-state index contributed by atoms with van der Waals surface area (Å²) in [6.45, 7) is 0.585. The second-order valence-corrected chi connectivity index (χ2v) is 6.68. The Morgan fingerprint density at radius 3 is 3.00 bits per heavy atom. The van der Waals surface area contributed by atoms with E-state index in [1.165, 1.54) is 25.0 Å². The lowest BCUT2D eigenvalue weighted by Crippen LogP contribution is -2.33. The van der Waals surface area contributed by atoms with Crippen molar-refractivity contribution in [3.05, 3.63) is 29.6 Å². The fourth-order valence-electron chi connectivity index (χ4n) is 1.76. The summed E-state index contributed by atoms with van der Waals surface area (Å²) in [6, 6.07) is 4.26. The molecule has 0 aliphatic carbocycles. The van der Waals surface area contributed by atoms with Gasteiger partial charge in [-0.1, -0.05) is 0 Å². The molecule has 1 N–H and O–H groups in total. The first-order chi connectivity index (χ1) is 9.20. The molecule has 0 spiro atoms. The lowest BCUT2D eigenvalue weighted by atomic mass is 10.2. The summed E-state index contributed by atoms with van der Waals surface area (Å²) in [6.07, 6.45) is 0. The van der Waals surface area contributed by atoms with Crippen LogP contribution in [0.5, 0.6) is 5.75 Å². The predicted molar refractivity (Wildman–Crippen MR) is 78.9 cm³/mol. The summed E-state index contributed by atoms with van der Waals surface area (Å²) >= 11 is 3.76. The number of methoxy groups -OCH3 is 1. The zero-order valence-corrected chi connectivity index (χ0v) is 12.3. The minimum atomic E-state index is -0.553. The third-order valence-corrected chi connectivity index (χ3v) is 5.64. The molecule has 0 radical (unpaired) electrons. The Morgan fingerprint density at radius 2 is 2.37 bits per heavy atom. The fraction of sp³-hybridized carbons (Fsp3) is 0.462. The molecular weight excluding hydrogens is 285 g/mol. The number of nitrogens with one attached hydrogen (secondary N) is 1. The number of thioether (sulfide) groups is 2. The van der Waals surface area contributed by atoms with E-state index in [2.05, 4.69) is 5.32 Å². The Bertz CT molecular complexity index is 450. The number of rotatable bonds is 4. The summed E-state index contributed by atoms with van der Waals surface area (Å²) in [5.41, 5.74) is 0.0641.